The Morgan fingerprint density at radius 1 is 1.57 bits per heavy atom. The maximum Gasteiger partial charge on any atom is 0.292 e. The molecule has 0 bridgehead atoms. The van der Waals surface area contributed by atoms with E-state index in [0.717, 1.165) is 0 Å². The molecular formula is C11H17NO2. The van der Waals surface area contributed by atoms with E-state index in [4.69, 9.17) is 4.79 Å². The number of pyridine rings is 1. The fourth-order valence-corrected chi connectivity index (χ4v) is 0.927. The van der Waals surface area contributed by atoms with Crippen molar-refractivity contribution in [1.29, 1.82) is 0 Å². The average molecular weight is 195 g/mol. The molecule has 3 heteroatoms. The molecule has 0 atom stereocenters. The molecule has 1 aromatic rings. The highest BCUT2D eigenvalue weighted by Crippen LogP contribution is 2.01. The first kappa shape index (κ1) is 12.6. The van der Waals surface area contributed by atoms with Gasteiger partial charge in [0.25, 0.3) is 6.47 Å². The zero-order valence-corrected chi connectivity index (χ0v) is 8.77. The number of carbonyl (C=O) groups excluding carboxylic acids is 1. The summed E-state index contributed by atoms with van der Waals surface area (Å²) >= 11 is 0. The molecule has 0 aliphatic carbocycles. The average Bonchev–Trinajstić information content (AvgIpc) is 2.28. The Morgan fingerprint density at radius 3 is 2.71 bits per heavy atom. The van der Waals surface area contributed by atoms with Crippen molar-refractivity contribution in [2.24, 2.45) is 0 Å². The molecule has 1 heterocycles. The second kappa shape index (κ2) is 9.71. The van der Waals surface area contributed by atoms with Crippen LogP contribution in [-0.2, 0) is 16.0 Å². The first-order valence-corrected chi connectivity index (χ1v) is 4.70. The summed E-state index contributed by atoms with van der Waals surface area (Å²) < 4.78 is 3.86. The topological polar surface area (TPSA) is 39.2 Å². The number of ether oxygens (including phenoxy) is 1. The molecule has 0 aromatic carbocycles. The van der Waals surface area contributed by atoms with Crippen molar-refractivity contribution in [2.45, 2.75) is 26.2 Å². The van der Waals surface area contributed by atoms with Crippen LogP contribution < -0.4 is 0 Å². The molecule has 0 amide bonds. The van der Waals surface area contributed by atoms with Crippen molar-refractivity contribution in [2.75, 3.05) is 7.11 Å². The molecule has 1 rings (SSSR count). The van der Waals surface area contributed by atoms with E-state index in [1.165, 1.54) is 31.9 Å². The van der Waals surface area contributed by atoms with Gasteiger partial charge in [0.1, 0.15) is 0 Å². The van der Waals surface area contributed by atoms with Crippen LogP contribution in [0.1, 0.15) is 25.3 Å². The number of aromatic nitrogens is 1. The lowest BCUT2D eigenvalue weighted by molar-refractivity contribution is -0.126. The molecule has 0 aliphatic heterocycles. The van der Waals surface area contributed by atoms with Gasteiger partial charge in [-0.25, -0.2) is 0 Å². The summed E-state index contributed by atoms with van der Waals surface area (Å²) in [5.41, 5.74) is 1.35. The molecule has 0 radical (unpaired) electrons. The van der Waals surface area contributed by atoms with Crippen molar-refractivity contribution in [3.05, 3.63) is 30.1 Å². The van der Waals surface area contributed by atoms with Crippen LogP contribution in [0.5, 0.6) is 0 Å². The van der Waals surface area contributed by atoms with Crippen LogP contribution in [0.25, 0.3) is 0 Å². The fraction of sp³-hybridized carbons (Fsp3) is 0.455. The number of aryl methyl sites for hydroxylation is 1. The molecule has 0 aliphatic rings. The molecule has 3 nitrogen and oxygen atoms in total. The smallest absolute Gasteiger partial charge is 0.292 e. The fourth-order valence-electron chi connectivity index (χ4n) is 0.927. The lowest BCUT2D eigenvalue weighted by atomic mass is 10.1. The van der Waals surface area contributed by atoms with E-state index >= 15 is 0 Å². The molecule has 78 valence electrons. The summed E-state index contributed by atoms with van der Waals surface area (Å²) in [5, 5.41) is 0. The SMILES string of the molecule is CCCCc1cccnc1.COC=O. The van der Waals surface area contributed by atoms with Crippen LogP contribution in [0.4, 0.5) is 0 Å². The first-order valence-electron chi connectivity index (χ1n) is 4.70. The van der Waals surface area contributed by atoms with Gasteiger partial charge in [0, 0.05) is 12.4 Å². The third kappa shape index (κ3) is 7.28. The van der Waals surface area contributed by atoms with Crippen molar-refractivity contribution >= 4 is 6.47 Å². The number of carbonyl (C=O) groups is 1. The van der Waals surface area contributed by atoms with Gasteiger partial charge in [-0.05, 0) is 24.5 Å². The van der Waals surface area contributed by atoms with Gasteiger partial charge in [0.2, 0.25) is 0 Å². The summed E-state index contributed by atoms with van der Waals surface area (Å²) in [6.07, 6.45) is 7.45. The van der Waals surface area contributed by atoms with E-state index in [2.05, 4.69) is 22.7 Å². The Labute approximate surface area is 85.1 Å². The molecule has 0 unspecified atom stereocenters. The molecule has 14 heavy (non-hydrogen) atoms. The summed E-state index contributed by atoms with van der Waals surface area (Å²) in [5.74, 6) is 0. The van der Waals surface area contributed by atoms with Gasteiger partial charge >= 0.3 is 0 Å². The maximum atomic E-state index is 8.95. The van der Waals surface area contributed by atoms with E-state index in [1.807, 2.05) is 18.5 Å². The van der Waals surface area contributed by atoms with Crippen LogP contribution in [-0.4, -0.2) is 18.6 Å². The molecule has 1 aromatic heterocycles. The Balaban J connectivity index is 0.000000364. The number of hydrogen-bond donors (Lipinski definition) is 0. The van der Waals surface area contributed by atoms with Gasteiger partial charge in [-0.2, -0.15) is 0 Å². The predicted molar refractivity (Wildman–Crippen MR) is 55.9 cm³/mol. The minimum absolute atomic E-state index is 0.375. The van der Waals surface area contributed by atoms with E-state index in [1.54, 1.807) is 0 Å². The van der Waals surface area contributed by atoms with Crippen LogP contribution in [0, 0.1) is 0 Å². The summed E-state index contributed by atoms with van der Waals surface area (Å²) in [6.45, 7) is 2.58. The lowest BCUT2D eigenvalue weighted by Crippen LogP contribution is -1.83. The van der Waals surface area contributed by atoms with Crippen molar-refractivity contribution in [3.8, 4) is 0 Å². The second-order valence-electron chi connectivity index (χ2n) is 2.80. The third-order valence-electron chi connectivity index (χ3n) is 1.64. The van der Waals surface area contributed by atoms with Crippen LogP contribution >= 0.6 is 0 Å². The summed E-state index contributed by atoms with van der Waals surface area (Å²) in [4.78, 5) is 13.0. The Hall–Kier alpha value is -1.38. The van der Waals surface area contributed by atoms with Crippen molar-refractivity contribution in [3.63, 3.8) is 0 Å². The van der Waals surface area contributed by atoms with Crippen molar-refractivity contribution < 1.29 is 9.53 Å². The van der Waals surface area contributed by atoms with Crippen LogP contribution in [0.3, 0.4) is 0 Å². The Morgan fingerprint density at radius 2 is 2.29 bits per heavy atom. The largest absolute Gasteiger partial charge is 0.471 e. The Kier molecular flexibility index (Phi) is 8.75. The van der Waals surface area contributed by atoms with Crippen LogP contribution in [0.15, 0.2) is 24.5 Å². The zero-order chi connectivity index (χ0) is 10.6. The third-order valence-corrected chi connectivity index (χ3v) is 1.64. The Bertz CT molecular complexity index is 224. The van der Waals surface area contributed by atoms with Gasteiger partial charge in [-0.3, -0.25) is 9.78 Å². The van der Waals surface area contributed by atoms with E-state index in [9.17, 15) is 0 Å². The van der Waals surface area contributed by atoms with E-state index < -0.39 is 0 Å². The number of nitrogens with zero attached hydrogens (tertiary/aromatic N) is 1. The van der Waals surface area contributed by atoms with Gasteiger partial charge in [-0.15, -0.1) is 0 Å². The first-order chi connectivity index (χ1) is 6.85. The van der Waals surface area contributed by atoms with Gasteiger partial charge < -0.3 is 4.74 Å². The second-order valence-corrected chi connectivity index (χ2v) is 2.80. The number of rotatable bonds is 4. The number of hydrogen-bond acceptors (Lipinski definition) is 3. The summed E-state index contributed by atoms with van der Waals surface area (Å²) in [7, 11) is 1.31. The summed E-state index contributed by atoms with van der Waals surface area (Å²) in [6, 6.07) is 4.12. The molecule has 0 saturated carbocycles. The quantitative estimate of drug-likeness (QED) is 0.691. The number of methoxy groups -OCH3 is 1. The van der Waals surface area contributed by atoms with Gasteiger partial charge in [0.15, 0.2) is 0 Å². The van der Waals surface area contributed by atoms with Gasteiger partial charge in [-0.1, -0.05) is 19.4 Å². The molecule has 0 N–H and O–H groups in total. The number of unbranched alkanes of at least 4 members (excludes halogenated alkanes) is 1. The normalized spacial score (nSPS) is 8.43. The molecular weight excluding hydrogens is 178 g/mol. The molecule has 0 fully saturated rings. The minimum Gasteiger partial charge on any atom is -0.471 e. The minimum atomic E-state index is 0.375. The van der Waals surface area contributed by atoms with Crippen molar-refractivity contribution in [1.82, 2.24) is 4.98 Å². The highest BCUT2D eigenvalue weighted by molar-refractivity contribution is 5.36. The maximum absolute atomic E-state index is 8.95. The predicted octanol–water partition coefficient (Wildman–Crippen LogP) is 2.21. The monoisotopic (exact) mass is 195 g/mol. The van der Waals surface area contributed by atoms with E-state index in [-0.39, 0.29) is 0 Å². The lowest BCUT2D eigenvalue weighted by Gasteiger charge is -1.95. The van der Waals surface area contributed by atoms with Crippen LogP contribution in [0.2, 0.25) is 0 Å². The van der Waals surface area contributed by atoms with Gasteiger partial charge in [0.05, 0.1) is 7.11 Å². The van der Waals surface area contributed by atoms with E-state index in [0.29, 0.717) is 6.47 Å². The standard InChI is InChI=1S/C9H13N.C2H4O2/c1-2-3-5-9-6-4-7-10-8-9;1-4-2-3/h4,6-8H,2-3,5H2,1H3;2H,1H3. The molecule has 0 saturated heterocycles. The molecule has 0 spiro atoms. The highest BCUT2D eigenvalue weighted by Gasteiger charge is 1.88. The highest BCUT2D eigenvalue weighted by atomic mass is 16.5. The zero-order valence-electron chi connectivity index (χ0n) is 8.77.